The highest BCUT2D eigenvalue weighted by molar-refractivity contribution is 6.29. The number of piperazine rings is 1. The molecule has 0 amide bonds. The molecule has 7 nitrogen and oxygen atoms in total. The van der Waals surface area contributed by atoms with Crippen molar-refractivity contribution in [1.82, 2.24) is 14.9 Å². The third kappa shape index (κ3) is 5.20. The molecule has 0 aromatic carbocycles. The zero-order chi connectivity index (χ0) is 23.8. The highest BCUT2D eigenvalue weighted by Crippen LogP contribution is 2.50. The van der Waals surface area contributed by atoms with Crippen LogP contribution < -0.4 is 4.90 Å². The normalized spacial score (nSPS) is 33.8. The number of nitrogens with zero attached hydrogens (tertiary/aromatic N) is 4. The number of fused-ring (bicyclic) bond motifs is 1. The van der Waals surface area contributed by atoms with Crippen molar-refractivity contribution in [2.75, 3.05) is 37.6 Å². The maximum atomic E-state index is 11.7. The molecular weight excluding hydrogens is 440 g/mol. The number of hydrogen-bond donors (Lipinski definition) is 1. The summed E-state index contributed by atoms with van der Waals surface area (Å²) in [5.41, 5.74) is -0.108. The van der Waals surface area contributed by atoms with Crippen molar-refractivity contribution in [3.05, 3.63) is 35.6 Å². The summed E-state index contributed by atoms with van der Waals surface area (Å²) < 4.78 is 5.43. The van der Waals surface area contributed by atoms with Gasteiger partial charge in [0, 0.05) is 45.6 Å². The first-order valence-electron chi connectivity index (χ1n) is 12.0. The summed E-state index contributed by atoms with van der Waals surface area (Å²) in [4.78, 5) is 24.8. The summed E-state index contributed by atoms with van der Waals surface area (Å²) in [6.45, 7) is 12.4. The molecular formula is C25H35ClN4O3. The lowest BCUT2D eigenvalue weighted by atomic mass is 9.57. The lowest BCUT2D eigenvalue weighted by Crippen LogP contribution is -2.57. The van der Waals surface area contributed by atoms with Crippen molar-refractivity contribution in [1.29, 1.82) is 0 Å². The molecule has 4 rings (SSSR count). The Bertz CT molecular complexity index is 888. The molecule has 180 valence electrons. The van der Waals surface area contributed by atoms with Gasteiger partial charge in [-0.05, 0) is 43.1 Å². The van der Waals surface area contributed by atoms with Crippen molar-refractivity contribution in [3.8, 4) is 0 Å². The van der Waals surface area contributed by atoms with E-state index in [-0.39, 0.29) is 17.8 Å². The zero-order valence-electron chi connectivity index (χ0n) is 20.0. The fourth-order valence-corrected chi connectivity index (χ4v) is 5.94. The van der Waals surface area contributed by atoms with Crippen LogP contribution in [0.15, 0.2) is 24.0 Å². The summed E-state index contributed by atoms with van der Waals surface area (Å²) in [5.74, 6) is 1.32. The molecule has 2 aliphatic carbocycles. The standard InChI is InChI=1S/C25H35ClN4O3/c1-16-11-21-20(6-5-18(3)25(21,32)12-22(16)33-19(4)31)17(2)15-29-7-9-30(10-8-29)24-14-27-13-23(26)28-24/h11,13-14,17-18,20-22,32H,5-10,15H2,1-4H3/t17-,18-,20+,21-,22-,25-/m1/s1. The second-order valence-corrected chi connectivity index (χ2v) is 10.4. The minimum atomic E-state index is -1.07. The van der Waals surface area contributed by atoms with Gasteiger partial charge >= 0.3 is 5.97 Å². The molecule has 2 radical (unpaired) electrons. The van der Waals surface area contributed by atoms with Crippen molar-refractivity contribution in [2.45, 2.75) is 52.2 Å². The summed E-state index contributed by atoms with van der Waals surface area (Å²) in [7, 11) is 0. The minimum absolute atomic E-state index is 0.00826. The minimum Gasteiger partial charge on any atom is -0.457 e. The van der Waals surface area contributed by atoms with Crippen LogP contribution >= 0.6 is 11.6 Å². The number of aromatic nitrogens is 2. The smallest absolute Gasteiger partial charge is 0.303 e. The molecule has 8 heteroatoms. The third-order valence-corrected chi connectivity index (χ3v) is 7.90. The molecule has 1 saturated carbocycles. The average Bonchev–Trinajstić information content (AvgIpc) is 2.76. The van der Waals surface area contributed by atoms with E-state index in [9.17, 15) is 9.90 Å². The quantitative estimate of drug-likeness (QED) is 0.518. The van der Waals surface area contributed by atoms with Gasteiger partial charge in [0.05, 0.1) is 24.4 Å². The molecule has 2 fully saturated rings. The van der Waals surface area contributed by atoms with Crippen LogP contribution in [0.3, 0.4) is 0 Å². The van der Waals surface area contributed by atoms with Gasteiger partial charge in [-0.25, -0.2) is 4.98 Å². The zero-order valence-corrected chi connectivity index (χ0v) is 20.8. The van der Waals surface area contributed by atoms with Crippen LogP contribution in [0.5, 0.6) is 0 Å². The predicted octanol–water partition coefficient (Wildman–Crippen LogP) is 3.25. The Morgan fingerprint density at radius 1 is 1.33 bits per heavy atom. The SMILES string of the molecule is CC(=O)O[C@@H]1[C][C@@]2(O)[C@H](C)CC[C@@H]([C@H](C)CN3CCN(c4cncc(Cl)n4)CC3)[C@H]2C=C1C. The van der Waals surface area contributed by atoms with Gasteiger partial charge in [-0.15, -0.1) is 0 Å². The van der Waals surface area contributed by atoms with Gasteiger partial charge in [0.1, 0.15) is 17.1 Å². The molecule has 1 aromatic heterocycles. The first-order chi connectivity index (χ1) is 15.7. The number of aliphatic hydroxyl groups is 1. The van der Waals surface area contributed by atoms with E-state index in [2.05, 4.69) is 46.1 Å². The second-order valence-electron chi connectivity index (χ2n) is 10.0. The highest BCUT2D eigenvalue weighted by Gasteiger charge is 2.53. The van der Waals surface area contributed by atoms with Gasteiger partial charge in [-0.2, -0.15) is 0 Å². The molecule has 3 aliphatic rings. The van der Waals surface area contributed by atoms with Crippen molar-refractivity contribution in [2.24, 2.45) is 23.7 Å². The maximum absolute atomic E-state index is 11.7. The van der Waals surface area contributed by atoms with E-state index in [0.717, 1.165) is 57.0 Å². The number of ether oxygens (including phenoxy) is 1. The second kappa shape index (κ2) is 9.88. The fourth-order valence-electron chi connectivity index (χ4n) is 5.79. The van der Waals surface area contributed by atoms with Crippen LogP contribution in [0.2, 0.25) is 5.15 Å². The molecule has 1 saturated heterocycles. The Hall–Kier alpha value is -1.70. The van der Waals surface area contributed by atoms with Gasteiger partial charge in [0.2, 0.25) is 0 Å². The van der Waals surface area contributed by atoms with E-state index in [1.807, 2.05) is 6.92 Å². The lowest BCUT2D eigenvalue weighted by molar-refractivity contribution is -0.148. The number of carbonyl (C=O) groups excluding carboxylic acids is 1. The van der Waals surface area contributed by atoms with E-state index < -0.39 is 11.7 Å². The van der Waals surface area contributed by atoms with Crippen LogP contribution in [0.4, 0.5) is 5.82 Å². The molecule has 1 aromatic rings. The number of halogens is 1. The van der Waals surface area contributed by atoms with E-state index in [4.69, 9.17) is 16.3 Å². The van der Waals surface area contributed by atoms with E-state index in [0.29, 0.717) is 17.0 Å². The number of esters is 1. The molecule has 0 unspecified atom stereocenters. The summed E-state index contributed by atoms with van der Waals surface area (Å²) >= 11 is 6.00. The summed E-state index contributed by atoms with van der Waals surface area (Å²) in [6.07, 6.45) is 10.2. The van der Waals surface area contributed by atoms with E-state index in [1.165, 1.54) is 6.92 Å². The molecule has 6 atom stereocenters. The molecule has 0 spiro atoms. The van der Waals surface area contributed by atoms with Crippen LogP contribution in [0.25, 0.3) is 0 Å². The largest absolute Gasteiger partial charge is 0.457 e. The summed E-state index contributed by atoms with van der Waals surface area (Å²) in [6, 6.07) is 0. The maximum Gasteiger partial charge on any atom is 0.303 e. The number of rotatable bonds is 5. The average molecular weight is 475 g/mol. The summed E-state index contributed by atoms with van der Waals surface area (Å²) in [5, 5.41) is 12.1. The molecule has 1 aliphatic heterocycles. The van der Waals surface area contributed by atoms with Crippen LogP contribution in [0.1, 0.15) is 40.5 Å². The van der Waals surface area contributed by atoms with E-state index in [1.54, 1.807) is 12.4 Å². The highest BCUT2D eigenvalue weighted by atomic mass is 35.5. The first kappa shape index (κ1) is 24.4. The Labute approximate surface area is 202 Å². The van der Waals surface area contributed by atoms with Gasteiger partial charge in [-0.3, -0.25) is 14.7 Å². The lowest BCUT2D eigenvalue weighted by Gasteiger charge is -2.53. The number of hydrogen-bond acceptors (Lipinski definition) is 7. The topological polar surface area (TPSA) is 78.8 Å². The van der Waals surface area contributed by atoms with Gasteiger partial charge < -0.3 is 14.7 Å². The van der Waals surface area contributed by atoms with Crippen molar-refractivity contribution < 1.29 is 14.6 Å². The molecule has 33 heavy (non-hydrogen) atoms. The monoisotopic (exact) mass is 474 g/mol. The number of anilines is 1. The van der Waals surface area contributed by atoms with Crippen LogP contribution in [0, 0.1) is 30.1 Å². The Morgan fingerprint density at radius 3 is 2.73 bits per heavy atom. The molecule has 0 bridgehead atoms. The van der Waals surface area contributed by atoms with E-state index >= 15 is 0 Å². The molecule has 1 N–H and O–H groups in total. The number of carbonyl (C=O) groups is 1. The van der Waals surface area contributed by atoms with Crippen molar-refractivity contribution in [3.63, 3.8) is 0 Å². The third-order valence-electron chi connectivity index (χ3n) is 7.72. The Balaban J connectivity index is 1.40. The Kier molecular flexibility index (Phi) is 7.32. The van der Waals surface area contributed by atoms with Gasteiger partial charge in [0.25, 0.3) is 0 Å². The van der Waals surface area contributed by atoms with Crippen LogP contribution in [-0.2, 0) is 9.53 Å². The van der Waals surface area contributed by atoms with Gasteiger partial charge in [-0.1, -0.05) is 31.5 Å². The first-order valence-corrected chi connectivity index (χ1v) is 12.4. The molecule has 2 heterocycles. The van der Waals surface area contributed by atoms with Crippen LogP contribution in [-0.4, -0.2) is 70.4 Å². The Morgan fingerprint density at radius 2 is 2.06 bits per heavy atom. The predicted molar refractivity (Wildman–Crippen MR) is 128 cm³/mol. The fraction of sp³-hybridized carbons (Fsp3) is 0.680. The van der Waals surface area contributed by atoms with Crippen molar-refractivity contribution >= 4 is 23.4 Å². The van der Waals surface area contributed by atoms with Gasteiger partial charge in [0.15, 0.2) is 0 Å².